The molecule has 7 heteroatoms. The summed E-state index contributed by atoms with van der Waals surface area (Å²) in [4.78, 5) is 12.3. The molecule has 0 saturated heterocycles. The van der Waals surface area contributed by atoms with Crippen LogP contribution < -0.4 is 15.8 Å². The van der Waals surface area contributed by atoms with Crippen molar-refractivity contribution in [2.45, 2.75) is 39.7 Å². The number of ether oxygens (including phenoxy) is 1. The molecule has 3 N–H and O–H groups in total. The topological polar surface area (TPSA) is 64.4 Å². The molecule has 0 aliphatic rings. The minimum absolute atomic E-state index is 0. The molecule has 0 aromatic heterocycles. The molecular formula is C16H25ClF2N2O2. The fraction of sp³-hybridized carbons (Fsp3) is 0.562. The third-order valence-electron chi connectivity index (χ3n) is 3.99. The summed E-state index contributed by atoms with van der Waals surface area (Å²) >= 11 is 0. The van der Waals surface area contributed by atoms with Crippen LogP contribution in [0, 0.1) is 17.0 Å². The van der Waals surface area contributed by atoms with Crippen LogP contribution in [0.5, 0.6) is 5.75 Å². The standard InChI is InChI=1S/C16H24F2N2O2.ClH/c1-4-16(5-2,10-19)15(21)20-11(3)9-22-14-7-6-12(17)8-13(14)18;/h6-8,11H,4-5,9-10,19H2,1-3H3,(H,20,21);1H. The summed E-state index contributed by atoms with van der Waals surface area (Å²) in [5.74, 6) is -1.60. The quantitative estimate of drug-likeness (QED) is 0.757. The SMILES string of the molecule is CCC(CC)(CN)C(=O)NC(C)COc1ccc(F)cc1F.Cl. The summed E-state index contributed by atoms with van der Waals surface area (Å²) in [6.45, 7) is 5.95. The highest BCUT2D eigenvalue weighted by Gasteiger charge is 2.33. The molecule has 1 atom stereocenters. The molecule has 0 fully saturated rings. The molecule has 1 unspecified atom stereocenters. The summed E-state index contributed by atoms with van der Waals surface area (Å²) in [7, 11) is 0. The van der Waals surface area contributed by atoms with E-state index < -0.39 is 17.0 Å². The van der Waals surface area contributed by atoms with Crippen LogP contribution in [0.3, 0.4) is 0 Å². The molecule has 1 aromatic rings. The summed E-state index contributed by atoms with van der Waals surface area (Å²) in [5.41, 5.74) is 5.14. The van der Waals surface area contributed by atoms with Gasteiger partial charge in [0.1, 0.15) is 12.4 Å². The number of carbonyl (C=O) groups excluding carboxylic acids is 1. The largest absolute Gasteiger partial charge is 0.488 e. The van der Waals surface area contributed by atoms with E-state index in [0.717, 1.165) is 12.1 Å². The number of benzene rings is 1. The highest BCUT2D eigenvalue weighted by Crippen LogP contribution is 2.25. The Labute approximate surface area is 142 Å². The van der Waals surface area contributed by atoms with E-state index in [1.807, 2.05) is 13.8 Å². The van der Waals surface area contributed by atoms with Crippen molar-refractivity contribution in [3.05, 3.63) is 29.8 Å². The van der Waals surface area contributed by atoms with E-state index >= 15 is 0 Å². The van der Waals surface area contributed by atoms with Crippen LogP contribution in [0.2, 0.25) is 0 Å². The van der Waals surface area contributed by atoms with Gasteiger partial charge < -0.3 is 15.8 Å². The van der Waals surface area contributed by atoms with E-state index in [1.54, 1.807) is 6.92 Å². The Kier molecular flexibility index (Phi) is 9.09. The van der Waals surface area contributed by atoms with Crippen LogP contribution in [0.1, 0.15) is 33.6 Å². The molecule has 4 nitrogen and oxygen atoms in total. The van der Waals surface area contributed by atoms with Crippen molar-refractivity contribution in [3.63, 3.8) is 0 Å². The van der Waals surface area contributed by atoms with E-state index in [2.05, 4.69) is 5.32 Å². The fourth-order valence-electron chi connectivity index (χ4n) is 2.18. The minimum atomic E-state index is -0.767. The molecule has 0 aliphatic carbocycles. The van der Waals surface area contributed by atoms with E-state index in [0.29, 0.717) is 12.8 Å². The van der Waals surface area contributed by atoms with Crippen molar-refractivity contribution in [2.24, 2.45) is 11.1 Å². The van der Waals surface area contributed by atoms with Gasteiger partial charge in [-0.15, -0.1) is 12.4 Å². The van der Waals surface area contributed by atoms with Gasteiger partial charge in [-0.3, -0.25) is 4.79 Å². The lowest BCUT2D eigenvalue weighted by molar-refractivity contribution is -0.131. The molecule has 0 saturated carbocycles. The molecule has 23 heavy (non-hydrogen) atoms. The van der Waals surface area contributed by atoms with Crippen molar-refractivity contribution >= 4 is 18.3 Å². The molecule has 0 spiro atoms. The Bertz CT molecular complexity index is 503. The van der Waals surface area contributed by atoms with Gasteiger partial charge >= 0.3 is 0 Å². The zero-order valence-electron chi connectivity index (χ0n) is 13.7. The maximum absolute atomic E-state index is 13.4. The first-order chi connectivity index (χ1) is 10.4. The second kappa shape index (κ2) is 9.67. The molecule has 0 heterocycles. The number of rotatable bonds is 8. The van der Waals surface area contributed by atoms with Gasteiger partial charge in [-0.05, 0) is 31.9 Å². The Morgan fingerprint density at radius 1 is 1.35 bits per heavy atom. The Morgan fingerprint density at radius 2 is 1.96 bits per heavy atom. The van der Waals surface area contributed by atoms with Crippen LogP contribution >= 0.6 is 12.4 Å². The van der Waals surface area contributed by atoms with Crippen molar-refractivity contribution in [1.29, 1.82) is 0 Å². The highest BCUT2D eigenvalue weighted by atomic mass is 35.5. The molecular weight excluding hydrogens is 326 g/mol. The normalized spacial score (nSPS) is 12.3. The lowest BCUT2D eigenvalue weighted by Crippen LogP contribution is -2.49. The van der Waals surface area contributed by atoms with Gasteiger partial charge in [0.15, 0.2) is 11.6 Å². The van der Waals surface area contributed by atoms with E-state index in [-0.39, 0.29) is 43.3 Å². The predicted molar refractivity (Wildman–Crippen MR) is 88.8 cm³/mol. The second-order valence-corrected chi connectivity index (χ2v) is 5.45. The molecule has 132 valence electrons. The molecule has 0 bridgehead atoms. The van der Waals surface area contributed by atoms with Gasteiger partial charge in [0.25, 0.3) is 0 Å². The average Bonchev–Trinajstić information content (AvgIpc) is 2.48. The number of nitrogens with one attached hydrogen (secondary N) is 1. The number of amides is 1. The predicted octanol–water partition coefficient (Wildman–Crippen LogP) is 3.04. The molecule has 1 aromatic carbocycles. The first-order valence-corrected chi connectivity index (χ1v) is 7.47. The van der Waals surface area contributed by atoms with Crippen molar-refractivity contribution in [2.75, 3.05) is 13.2 Å². The average molecular weight is 351 g/mol. The van der Waals surface area contributed by atoms with Gasteiger partial charge in [-0.1, -0.05) is 13.8 Å². The maximum atomic E-state index is 13.4. The number of hydrogen-bond donors (Lipinski definition) is 2. The second-order valence-electron chi connectivity index (χ2n) is 5.45. The van der Waals surface area contributed by atoms with Gasteiger partial charge in [0.2, 0.25) is 5.91 Å². The van der Waals surface area contributed by atoms with Crippen LogP contribution in [0.25, 0.3) is 0 Å². The smallest absolute Gasteiger partial charge is 0.227 e. The zero-order valence-corrected chi connectivity index (χ0v) is 14.5. The summed E-state index contributed by atoms with van der Waals surface area (Å²) in [6.07, 6.45) is 1.29. The van der Waals surface area contributed by atoms with Crippen LogP contribution in [-0.2, 0) is 4.79 Å². The Morgan fingerprint density at radius 3 is 2.43 bits per heavy atom. The first kappa shape index (κ1) is 21.6. The van der Waals surface area contributed by atoms with Crippen molar-refractivity contribution in [1.82, 2.24) is 5.32 Å². The summed E-state index contributed by atoms with van der Waals surface area (Å²) in [5, 5.41) is 2.83. The van der Waals surface area contributed by atoms with E-state index in [1.165, 1.54) is 6.07 Å². The number of nitrogens with two attached hydrogens (primary N) is 1. The van der Waals surface area contributed by atoms with Crippen molar-refractivity contribution in [3.8, 4) is 5.75 Å². The van der Waals surface area contributed by atoms with E-state index in [4.69, 9.17) is 10.5 Å². The van der Waals surface area contributed by atoms with Crippen LogP contribution in [-0.4, -0.2) is 25.1 Å². The molecule has 0 aliphatic heterocycles. The van der Waals surface area contributed by atoms with Gasteiger partial charge in [0.05, 0.1) is 11.5 Å². The third kappa shape index (κ3) is 5.62. The highest BCUT2D eigenvalue weighted by molar-refractivity contribution is 5.85. The lowest BCUT2D eigenvalue weighted by atomic mass is 9.81. The zero-order chi connectivity index (χ0) is 16.8. The van der Waals surface area contributed by atoms with E-state index in [9.17, 15) is 13.6 Å². The monoisotopic (exact) mass is 350 g/mol. The van der Waals surface area contributed by atoms with Crippen LogP contribution in [0.15, 0.2) is 18.2 Å². The summed E-state index contributed by atoms with van der Waals surface area (Å²) < 4.78 is 31.5. The minimum Gasteiger partial charge on any atom is -0.488 e. The van der Waals surface area contributed by atoms with Gasteiger partial charge in [-0.25, -0.2) is 8.78 Å². The number of carbonyl (C=O) groups is 1. The lowest BCUT2D eigenvalue weighted by Gasteiger charge is -2.30. The fourth-order valence-corrected chi connectivity index (χ4v) is 2.18. The molecule has 1 rings (SSSR count). The van der Waals surface area contributed by atoms with Crippen molar-refractivity contribution < 1.29 is 18.3 Å². The Hall–Kier alpha value is -1.40. The molecule has 0 radical (unpaired) electrons. The third-order valence-corrected chi connectivity index (χ3v) is 3.99. The summed E-state index contributed by atoms with van der Waals surface area (Å²) in [6, 6.07) is 2.78. The number of hydrogen-bond acceptors (Lipinski definition) is 3. The van der Waals surface area contributed by atoms with Crippen LogP contribution in [0.4, 0.5) is 8.78 Å². The Balaban J connectivity index is 0.00000484. The maximum Gasteiger partial charge on any atom is 0.227 e. The first-order valence-electron chi connectivity index (χ1n) is 7.47. The van der Waals surface area contributed by atoms with Gasteiger partial charge in [-0.2, -0.15) is 0 Å². The molecule has 1 amide bonds. The van der Waals surface area contributed by atoms with Gasteiger partial charge in [0, 0.05) is 12.6 Å². The number of halogens is 3.